The molecule has 8 nitrogen and oxygen atoms in total. The fraction of sp³-hybridized carbons (Fsp3) is 0.455. The van der Waals surface area contributed by atoms with Crippen molar-refractivity contribution >= 4 is 23.6 Å². The predicted octanol–water partition coefficient (Wildman–Crippen LogP) is 2.84. The van der Waals surface area contributed by atoms with Crippen LogP contribution in [-0.2, 0) is 31.1 Å². The van der Waals surface area contributed by atoms with Gasteiger partial charge < -0.3 is 19.9 Å². The van der Waals surface area contributed by atoms with E-state index in [9.17, 15) is 23.2 Å². The van der Waals surface area contributed by atoms with E-state index in [4.69, 9.17) is 4.74 Å². The minimum absolute atomic E-state index is 0.162. The number of imidazole rings is 1. The number of aryl methyl sites for hydroxylation is 1. The van der Waals surface area contributed by atoms with Gasteiger partial charge in [0.05, 0.1) is 13.5 Å². The summed E-state index contributed by atoms with van der Waals surface area (Å²) < 4.78 is 33.1. The van der Waals surface area contributed by atoms with Crippen LogP contribution in [0.15, 0.2) is 24.4 Å². The first-order valence-corrected chi connectivity index (χ1v) is 10.2. The Hall–Kier alpha value is -3.30. The van der Waals surface area contributed by atoms with Crippen LogP contribution in [0.3, 0.4) is 0 Å². The molecule has 2 amide bonds. The summed E-state index contributed by atoms with van der Waals surface area (Å²) in [7, 11) is 1.29. The second-order valence-corrected chi connectivity index (χ2v) is 7.95. The lowest BCUT2D eigenvalue weighted by atomic mass is 10.1. The maximum Gasteiger partial charge on any atom is 0.331 e. The topological polar surface area (TPSA) is 102 Å². The molecule has 174 valence electrons. The molecule has 1 heterocycles. The summed E-state index contributed by atoms with van der Waals surface area (Å²) in [4.78, 5) is 41.5. The maximum atomic E-state index is 13.3. The van der Waals surface area contributed by atoms with Gasteiger partial charge in [-0.05, 0) is 44.9 Å². The van der Waals surface area contributed by atoms with Gasteiger partial charge in [0.2, 0.25) is 11.8 Å². The highest BCUT2D eigenvalue weighted by Crippen LogP contribution is 2.22. The molecule has 2 rings (SSSR count). The Kier molecular flexibility index (Phi) is 8.07. The number of esters is 1. The molecule has 2 N–H and O–H groups in total. The van der Waals surface area contributed by atoms with Crippen LogP contribution in [0.5, 0.6) is 0 Å². The first-order valence-electron chi connectivity index (χ1n) is 10.2. The first-order chi connectivity index (χ1) is 15.0. The molecule has 10 heteroatoms. The van der Waals surface area contributed by atoms with Gasteiger partial charge in [-0.1, -0.05) is 13.3 Å². The van der Waals surface area contributed by atoms with E-state index in [1.807, 2.05) is 6.92 Å². The van der Waals surface area contributed by atoms with Crippen molar-refractivity contribution in [3.05, 3.63) is 47.4 Å². The molecule has 0 fully saturated rings. The molecule has 1 aromatic heterocycles. The minimum atomic E-state index is -1.04. The van der Waals surface area contributed by atoms with E-state index < -0.39 is 41.0 Å². The molecule has 32 heavy (non-hydrogen) atoms. The molecule has 0 saturated heterocycles. The number of halogens is 2. The van der Waals surface area contributed by atoms with Gasteiger partial charge in [0.15, 0.2) is 5.82 Å². The van der Waals surface area contributed by atoms with E-state index >= 15 is 0 Å². The summed E-state index contributed by atoms with van der Waals surface area (Å²) in [5, 5.41) is 5.25. The highest BCUT2D eigenvalue weighted by Gasteiger charge is 2.33. The van der Waals surface area contributed by atoms with Crippen molar-refractivity contribution in [1.82, 2.24) is 14.9 Å². The van der Waals surface area contributed by atoms with Crippen LogP contribution in [0, 0.1) is 18.6 Å². The lowest BCUT2D eigenvalue weighted by Gasteiger charge is -2.24. The zero-order valence-electron chi connectivity index (χ0n) is 18.8. The average molecular weight is 450 g/mol. The van der Waals surface area contributed by atoms with Crippen molar-refractivity contribution in [2.45, 2.75) is 58.5 Å². The molecular weight excluding hydrogens is 422 g/mol. The fourth-order valence-electron chi connectivity index (χ4n) is 3.36. The van der Waals surface area contributed by atoms with E-state index in [1.165, 1.54) is 13.3 Å². The van der Waals surface area contributed by atoms with Crippen LogP contribution in [0.1, 0.15) is 45.0 Å². The number of anilines is 1. The van der Waals surface area contributed by atoms with Crippen LogP contribution in [-0.4, -0.2) is 40.5 Å². The smallest absolute Gasteiger partial charge is 0.331 e. The van der Waals surface area contributed by atoms with Crippen LogP contribution in [0.2, 0.25) is 0 Å². The van der Waals surface area contributed by atoms with E-state index in [2.05, 4.69) is 15.6 Å². The predicted molar refractivity (Wildman–Crippen MR) is 114 cm³/mol. The van der Waals surface area contributed by atoms with Crippen molar-refractivity contribution in [3.8, 4) is 0 Å². The molecule has 0 saturated carbocycles. The third-order valence-electron chi connectivity index (χ3n) is 4.94. The monoisotopic (exact) mass is 450 g/mol. The van der Waals surface area contributed by atoms with Gasteiger partial charge in [0.25, 0.3) is 0 Å². The molecule has 1 unspecified atom stereocenters. The maximum absolute atomic E-state index is 13.3. The second kappa shape index (κ2) is 10.3. The third kappa shape index (κ3) is 6.12. The van der Waals surface area contributed by atoms with E-state index in [0.29, 0.717) is 18.7 Å². The summed E-state index contributed by atoms with van der Waals surface area (Å²) >= 11 is 0. The third-order valence-corrected chi connectivity index (χ3v) is 4.94. The largest absolute Gasteiger partial charge is 0.467 e. The van der Waals surface area contributed by atoms with Gasteiger partial charge in [0, 0.05) is 12.3 Å². The van der Waals surface area contributed by atoms with Crippen LogP contribution in [0.25, 0.3) is 0 Å². The summed E-state index contributed by atoms with van der Waals surface area (Å²) in [6.45, 7) is 6.86. The summed E-state index contributed by atoms with van der Waals surface area (Å²) in [5.74, 6) is -2.37. The lowest BCUT2D eigenvalue weighted by Crippen LogP contribution is -2.44. The lowest BCUT2D eigenvalue weighted by molar-refractivity contribution is -0.149. The molecule has 1 aromatic carbocycles. The van der Waals surface area contributed by atoms with E-state index in [-0.39, 0.29) is 17.8 Å². The van der Waals surface area contributed by atoms with Crippen LogP contribution < -0.4 is 10.6 Å². The SMILES string of the molecule is CCCC(NC(=O)Cc1cc(F)cc(F)c1)C(=O)Nc1cn(C(C)(C)C(=O)OC)c(C)n1. The van der Waals surface area contributed by atoms with Crippen LogP contribution >= 0.6 is 0 Å². The minimum Gasteiger partial charge on any atom is -0.467 e. The molecular formula is C22H28F2N4O4. The number of hydrogen-bond acceptors (Lipinski definition) is 5. The number of hydrogen-bond donors (Lipinski definition) is 2. The number of ether oxygens (including phenoxy) is 1. The molecule has 0 spiro atoms. The summed E-state index contributed by atoms with van der Waals surface area (Å²) in [5.41, 5.74) is -0.874. The number of nitrogens with zero attached hydrogens (tertiary/aromatic N) is 2. The highest BCUT2D eigenvalue weighted by atomic mass is 19.1. The Bertz CT molecular complexity index is 984. The van der Waals surface area contributed by atoms with Gasteiger partial charge in [0.1, 0.15) is 29.0 Å². The summed E-state index contributed by atoms with van der Waals surface area (Å²) in [6.07, 6.45) is 2.20. The van der Waals surface area contributed by atoms with Crippen LogP contribution in [0.4, 0.5) is 14.6 Å². The number of nitrogens with one attached hydrogen (secondary N) is 2. The van der Waals surface area contributed by atoms with E-state index in [0.717, 1.165) is 18.2 Å². The van der Waals surface area contributed by atoms with Gasteiger partial charge in [-0.2, -0.15) is 0 Å². The summed E-state index contributed by atoms with van der Waals surface area (Å²) in [6, 6.07) is 1.98. The molecule has 1 atom stereocenters. The highest BCUT2D eigenvalue weighted by molar-refractivity contribution is 5.96. The number of aromatic nitrogens is 2. The van der Waals surface area contributed by atoms with Crippen molar-refractivity contribution in [1.29, 1.82) is 0 Å². The first kappa shape index (κ1) is 25.0. The standard InChI is InChI=1S/C22H28F2N4O4/c1-6-7-17(26-19(29)10-14-8-15(23)11-16(24)9-14)20(30)27-18-12-28(13(2)25-18)22(3,4)21(31)32-5/h8-9,11-12,17H,6-7,10H2,1-5H3,(H,26,29)(H,27,30). The number of amides is 2. The Morgan fingerprint density at radius 1 is 1.19 bits per heavy atom. The van der Waals surface area contributed by atoms with Gasteiger partial charge >= 0.3 is 5.97 Å². The zero-order chi connectivity index (χ0) is 24.1. The fourth-order valence-corrected chi connectivity index (χ4v) is 3.36. The van der Waals surface area contributed by atoms with Crippen molar-refractivity contribution in [3.63, 3.8) is 0 Å². The number of carbonyl (C=O) groups excluding carboxylic acids is 3. The average Bonchev–Trinajstić information content (AvgIpc) is 3.06. The van der Waals surface area contributed by atoms with E-state index in [1.54, 1.807) is 25.3 Å². The van der Waals surface area contributed by atoms with Gasteiger partial charge in [-0.3, -0.25) is 9.59 Å². The Labute approximate surface area is 185 Å². The van der Waals surface area contributed by atoms with Crippen molar-refractivity contribution < 1.29 is 27.9 Å². The van der Waals surface area contributed by atoms with Crippen molar-refractivity contribution in [2.75, 3.05) is 12.4 Å². The zero-order valence-corrected chi connectivity index (χ0v) is 18.8. The van der Waals surface area contributed by atoms with Crippen molar-refractivity contribution in [2.24, 2.45) is 0 Å². The van der Waals surface area contributed by atoms with Gasteiger partial charge in [-0.25, -0.2) is 18.6 Å². The van der Waals surface area contributed by atoms with Gasteiger partial charge in [-0.15, -0.1) is 0 Å². The Morgan fingerprint density at radius 2 is 1.81 bits per heavy atom. The Balaban J connectivity index is 2.11. The molecule has 0 bridgehead atoms. The number of carbonyl (C=O) groups is 3. The quantitative estimate of drug-likeness (QED) is 0.572. The normalized spacial score (nSPS) is 12.2. The second-order valence-electron chi connectivity index (χ2n) is 7.95. The number of rotatable bonds is 9. The molecule has 2 aromatic rings. The number of benzene rings is 1. The molecule has 0 radical (unpaired) electrons. The molecule has 0 aliphatic rings. The molecule has 0 aliphatic heterocycles. The number of methoxy groups -OCH3 is 1. The molecule has 0 aliphatic carbocycles. The Morgan fingerprint density at radius 3 is 2.38 bits per heavy atom.